The van der Waals surface area contributed by atoms with Gasteiger partial charge in [0.25, 0.3) is 0 Å². The molecule has 0 amide bonds. The number of allylic oxidation sites excluding steroid dienone is 1. The summed E-state index contributed by atoms with van der Waals surface area (Å²) >= 11 is 10.9. The quantitative estimate of drug-likeness (QED) is 0.382. The molecule has 1 aromatic carbocycles. The van der Waals surface area contributed by atoms with E-state index in [2.05, 4.69) is 5.32 Å². The lowest BCUT2D eigenvalue weighted by Gasteiger charge is -2.08. The fraction of sp³-hybridized carbons (Fsp3) is 0.231. The number of nitriles is 1. The van der Waals surface area contributed by atoms with E-state index in [0.717, 1.165) is 18.5 Å². The van der Waals surface area contributed by atoms with Crippen LogP contribution in [0.25, 0.3) is 0 Å². The van der Waals surface area contributed by atoms with Crippen LogP contribution in [0.15, 0.2) is 35.6 Å². The third kappa shape index (κ3) is 3.00. The van der Waals surface area contributed by atoms with Crippen molar-refractivity contribution in [2.45, 2.75) is 12.8 Å². The van der Waals surface area contributed by atoms with Crippen molar-refractivity contribution in [3.63, 3.8) is 0 Å². The Morgan fingerprint density at radius 1 is 1.39 bits per heavy atom. The van der Waals surface area contributed by atoms with Gasteiger partial charge in [-0.15, -0.1) is 0 Å². The molecule has 18 heavy (non-hydrogen) atoms. The van der Waals surface area contributed by atoms with Crippen LogP contribution in [0.3, 0.4) is 0 Å². The summed E-state index contributed by atoms with van der Waals surface area (Å²) in [5.41, 5.74) is 0.892. The van der Waals surface area contributed by atoms with Crippen LogP contribution in [0, 0.1) is 17.2 Å². The van der Waals surface area contributed by atoms with Gasteiger partial charge in [-0.25, -0.2) is 0 Å². The number of halogens is 1. The summed E-state index contributed by atoms with van der Waals surface area (Å²) in [5.74, 6) is 0.202. The van der Waals surface area contributed by atoms with Gasteiger partial charge in [0.15, 0.2) is 0 Å². The second-order valence-electron chi connectivity index (χ2n) is 4.11. The van der Waals surface area contributed by atoms with E-state index in [1.165, 1.54) is 0 Å². The van der Waals surface area contributed by atoms with E-state index in [-0.39, 0.29) is 22.2 Å². The summed E-state index contributed by atoms with van der Waals surface area (Å²) in [6.45, 7) is 0. The molecule has 0 aromatic heterocycles. The summed E-state index contributed by atoms with van der Waals surface area (Å²) in [6, 6.07) is 8.93. The van der Waals surface area contributed by atoms with Gasteiger partial charge in [0.2, 0.25) is 0 Å². The minimum absolute atomic E-state index is 0.101. The Hall–Kier alpha value is -1.57. The smallest absolute Gasteiger partial charge is 0.125 e. The molecule has 1 aliphatic rings. The molecule has 2 rings (SSSR count). The highest BCUT2D eigenvalue weighted by atomic mass is 35.5. The SMILES string of the molecule is N#C/C(C(=S)Nc1ccc(Cl)cc1)=C(\O)C1CC1. The van der Waals surface area contributed by atoms with E-state index in [4.69, 9.17) is 29.1 Å². The molecule has 2 N–H and O–H groups in total. The first-order valence-electron chi connectivity index (χ1n) is 5.52. The highest BCUT2D eigenvalue weighted by Gasteiger charge is 2.29. The van der Waals surface area contributed by atoms with Gasteiger partial charge >= 0.3 is 0 Å². The number of benzene rings is 1. The Morgan fingerprint density at radius 2 is 2.00 bits per heavy atom. The zero-order valence-electron chi connectivity index (χ0n) is 9.48. The maximum absolute atomic E-state index is 9.85. The Bertz CT molecular complexity index is 541. The van der Waals surface area contributed by atoms with Crippen LogP contribution >= 0.6 is 23.8 Å². The first kappa shape index (κ1) is 12.9. The number of thiocarbonyl (C=S) groups is 1. The van der Waals surface area contributed by atoms with Gasteiger partial charge in [0, 0.05) is 16.6 Å². The van der Waals surface area contributed by atoms with Crippen LogP contribution < -0.4 is 5.32 Å². The molecule has 0 bridgehead atoms. The predicted octanol–water partition coefficient (Wildman–Crippen LogP) is 3.82. The van der Waals surface area contributed by atoms with Crippen LogP contribution in [0.4, 0.5) is 5.69 Å². The summed E-state index contributed by atoms with van der Waals surface area (Å²) < 4.78 is 0. The lowest BCUT2D eigenvalue weighted by molar-refractivity contribution is 0.377. The van der Waals surface area contributed by atoms with Crippen molar-refractivity contribution >= 4 is 34.5 Å². The van der Waals surface area contributed by atoms with Crippen molar-refractivity contribution in [2.75, 3.05) is 5.32 Å². The minimum atomic E-state index is 0.101. The molecule has 0 atom stereocenters. The van der Waals surface area contributed by atoms with Crippen molar-refractivity contribution in [3.8, 4) is 6.07 Å². The highest BCUT2D eigenvalue weighted by molar-refractivity contribution is 7.81. The molecule has 3 nitrogen and oxygen atoms in total. The second-order valence-corrected chi connectivity index (χ2v) is 4.95. The molecule has 5 heteroatoms. The van der Waals surface area contributed by atoms with Crippen molar-refractivity contribution in [2.24, 2.45) is 5.92 Å². The van der Waals surface area contributed by atoms with Crippen molar-refractivity contribution < 1.29 is 5.11 Å². The highest BCUT2D eigenvalue weighted by Crippen LogP contribution is 2.36. The number of aliphatic hydroxyl groups excluding tert-OH is 1. The third-order valence-electron chi connectivity index (χ3n) is 2.66. The number of nitrogens with one attached hydrogen (secondary N) is 1. The van der Waals surface area contributed by atoms with Crippen LogP contribution in [0.2, 0.25) is 5.02 Å². The normalized spacial score (nSPS) is 15.6. The molecule has 1 aliphatic carbocycles. The molecule has 0 heterocycles. The predicted molar refractivity (Wildman–Crippen MR) is 75.7 cm³/mol. The fourth-order valence-corrected chi connectivity index (χ4v) is 1.91. The van der Waals surface area contributed by atoms with Gasteiger partial charge in [-0.3, -0.25) is 0 Å². The maximum atomic E-state index is 9.85. The van der Waals surface area contributed by atoms with Gasteiger partial charge in [0.1, 0.15) is 22.4 Å². The third-order valence-corrected chi connectivity index (χ3v) is 3.22. The first-order chi connectivity index (χ1) is 8.61. The number of nitrogens with zero attached hydrogens (tertiary/aromatic N) is 1. The largest absolute Gasteiger partial charge is 0.511 e. The number of anilines is 1. The zero-order chi connectivity index (χ0) is 13.1. The van der Waals surface area contributed by atoms with E-state index in [1.807, 2.05) is 6.07 Å². The fourth-order valence-electron chi connectivity index (χ4n) is 1.51. The average Bonchev–Trinajstić information content (AvgIpc) is 3.17. The van der Waals surface area contributed by atoms with Crippen LogP contribution in [-0.2, 0) is 0 Å². The Labute approximate surface area is 116 Å². The molecule has 0 radical (unpaired) electrons. The van der Waals surface area contributed by atoms with E-state index in [1.54, 1.807) is 24.3 Å². The van der Waals surface area contributed by atoms with Gasteiger partial charge in [-0.05, 0) is 37.1 Å². The van der Waals surface area contributed by atoms with E-state index in [0.29, 0.717) is 5.02 Å². The number of aliphatic hydroxyl groups is 1. The first-order valence-corrected chi connectivity index (χ1v) is 6.30. The van der Waals surface area contributed by atoms with Crippen LogP contribution in [0.1, 0.15) is 12.8 Å². The van der Waals surface area contributed by atoms with Crippen LogP contribution in [0.5, 0.6) is 0 Å². The molecule has 0 saturated heterocycles. The number of hydrogen-bond acceptors (Lipinski definition) is 3. The molecule has 92 valence electrons. The Morgan fingerprint density at radius 3 is 2.50 bits per heavy atom. The van der Waals surface area contributed by atoms with E-state index < -0.39 is 0 Å². The molecule has 0 aliphatic heterocycles. The standard InChI is InChI=1S/C13H11ClN2OS/c14-9-3-5-10(6-4-9)16-13(18)11(7-15)12(17)8-1-2-8/h3-6,8,17H,1-2H2,(H,16,18)/b12-11+. The lowest BCUT2D eigenvalue weighted by atomic mass is 10.2. The number of hydrogen-bond donors (Lipinski definition) is 2. The molecule has 1 aromatic rings. The minimum Gasteiger partial charge on any atom is -0.511 e. The van der Waals surface area contributed by atoms with Gasteiger partial charge in [0.05, 0.1) is 0 Å². The monoisotopic (exact) mass is 278 g/mol. The average molecular weight is 279 g/mol. The number of rotatable bonds is 3. The van der Waals surface area contributed by atoms with Crippen molar-refractivity contribution in [1.29, 1.82) is 5.26 Å². The molecule has 1 saturated carbocycles. The lowest BCUT2D eigenvalue weighted by Crippen LogP contribution is -2.13. The van der Waals surface area contributed by atoms with Gasteiger partial charge in [-0.2, -0.15) is 5.26 Å². The molecular weight excluding hydrogens is 268 g/mol. The zero-order valence-corrected chi connectivity index (χ0v) is 11.1. The Kier molecular flexibility index (Phi) is 3.85. The van der Waals surface area contributed by atoms with Gasteiger partial charge < -0.3 is 10.4 Å². The van der Waals surface area contributed by atoms with Gasteiger partial charge in [-0.1, -0.05) is 23.8 Å². The molecule has 0 unspecified atom stereocenters. The van der Waals surface area contributed by atoms with E-state index in [9.17, 15) is 5.11 Å². The Balaban J connectivity index is 2.14. The van der Waals surface area contributed by atoms with Crippen molar-refractivity contribution in [1.82, 2.24) is 0 Å². The van der Waals surface area contributed by atoms with Crippen molar-refractivity contribution in [3.05, 3.63) is 40.6 Å². The van der Waals surface area contributed by atoms with E-state index >= 15 is 0 Å². The molecule has 0 spiro atoms. The summed E-state index contributed by atoms with van der Waals surface area (Å²) in [5, 5.41) is 22.4. The summed E-state index contributed by atoms with van der Waals surface area (Å²) in [4.78, 5) is 0.240. The van der Waals surface area contributed by atoms with Crippen LogP contribution in [-0.4, -0.2) is 10.1 Å². The maximum Gasteiger partial charge on any atom is 0.125 e. The topological polar surface area (TPSA) is 56.0 Å². The summed E-state index contributed by atoms with van der Waals surface area (Å²) in [7, 11) is 0. The second kappa shape index (κ2) is 5.38. The molecular formula is C13H11ClN2OS. The molecule has 1 fully saturated rings. The summed E-state index contributed by atoms with van der Waals surface area (Å²) in [6.07, 6.45) is 1.83.